The van der Waals surface area contributed by atoms with E-state index in [9.17, 15) is 9.50 Å². The van der Waals surface area contributed by atoms with Gasteiger partial charge in [0.1, 0.15) is 11.4 Å². The van der Waals surface area contributed by atoms with Gasteiger partial charge < -0.3 is 5.11 Å². The molecule has 1 N–H and O–H groups in total. The van der Waals surface area contributed by atoms with Gasteiger partial charge in [-0.2, -0.15) is 0 Å². The van der Waals surface area contributed by atoms with Crippen LogP contribution in [-0.4, -0.2) is 10.7 Å². The van der Waals surface area contributed by atoms with Gasteiger partial charge in [-0.05, 0) is 79.5 Å². The van der Waals surface area contributed by atoms with Gasteiger partial charge in [0.05, 0.1) is 0 Å². The Morgan fingerprint density at radius 3 is 2.86 bits per heavy atom. The Balaban J connectivity index is 1.72. The Kier molecular flexibility index (Phi) is 2.97. The van der Waals surface area contributed by atoms with E-state index in [1.54, 1.807) is 12.1 Å². The lowest BCUT2D eigenvalue weighted by atomic mass is 9.53. The van der Waals surface area contributed by atoms with Crippen LogP contribution < -0.4 is 0 Å². The molecule has 2 saturated carbocycles. The number of terminal acetylenes is 1. The molecule has 0 aromatic heterocycles. The number of hydrogen-bond donors (Lipinski definition) is 1. The van der Waals surface area contributed by atoms with Crippen molar-refractivity contribution >= 4 is 0 Å². The van der Waals surface area contributed by atoms with Crippen molar-refractivity contribution in [3.8, 4) is 12.3 Å². The van der Waals surface area contributed by atoms with Crippen molar-refractivity contribution in [3.05, 3.63) is 35.1 Å². The first-order valence-corrected chi connectivity index (χ1v) is 8.47. The standard InChI is InChI=1S/C20H23FO/c1-3-20(22)11-9-18-17-6-4-13-12-14(21)5-7-15(13)16(17)8-10-19(18,20)2/h1,5,7,12,16-18,22H,4,6,8-11H2,2H3/t16-,17-,18+,19+,20+/m1/s1. The fraction of sp³-hybridized carbons (Fsp3) is 0.600. The molecular weight excluding hydrogens is 275 g/mol. The van der Waals surface area contributed by atoms with Gasteiger partial charge in [0.25, 0.3) is 0 Å². The van der Waals surface area contributed by atoms with Gasteiger partial charge in [-0.3, -0.25) is 0 Å². The molecule has 0 saturated heterocycles. The van der Waals surface area contributed by atoms with Crippen LogP contribution in [0, 0.1) is 35.4 Å². The third-order valence-electron chi connectivity index (χ3n) is 7.08. The maximum Gasteiger partial charge on any atom is 0.130 e. The smallest absolute Gasteiger partial charge is 0.130 e. The molecule has 2 fully saturated rings. The van der Waals surface area contributed by atoms with Crippen LogP contribution in [0.4, 0.5) is 4.39 Å². The third-order valence-corrected chi connectivity index (χ3v) is 7.08. The highest BCUT2D eigenvalue weighted by atomic mass is 19.1. The van der Waals surface area contributed by atoms with E-state index in [1.165, 1.54) is 11.1 Å². The second-order valence-electron chi connectivity index (χ2n) is 7.76. The van der Waals surface area contributed by atoms with Crippen molar-refractivity contribution in [2.45, 2.75) is 57.0 Å². The Labute approximate surface area is 131 Å². The molecule has 22 heavy (non-hydrogen) atoms. The minimum Gasteiger partial charge on any atom is -0.377 e. The summed E-state index contributed by atoms with van der Waals surface area (Å²) in [6.07, 6.45) is 11.5. The Morgan fingerprint density at radius 2 is 2.09 bits per heavy atom. The SMILES string of the molecule is C#C[C@]1(O)CC[C@H]2[C@@H]3CCc4cc(F)ccc4[C@H]3CC[C@@]21C. The summed E-state index contributed by atoms with van der Waals surface area (Å²) in [4.78, 5) is 0. The average Bonchev–Trinajstić information content (AvgIpc) is 2.79. The number of benzene rings is 1. The predicted octanol–water partition coefficient (Wildman–Crippen LogP) is 4.05. The molecule has 0 radical (unpaired) electrons. The predicted molar refractivity (Wildman–Crippen MR) is 84.8 cm³/mol. The fourth-order valence-corrected chi connectivity index (χ4v) is 5.80. The van der Waals surface area contributed by atoms with Crippen LogP contribution in [-0.2, 0) is 6.42 Å². The highest BCUT2D eigenvalue weighted by molar-refractivity contribution is 5.36. The van der Waals surface area contributed by atoms with E-state index in [0.29, 0.717) is 17.8 Å². The molecule has 4 rings (SSSR count). The molecule has 2 heteroatoms. The first-order valence-electron chi connectivity index (χ1n) is 8.47. The molecule has 1 aromatic carbocycles. The molecule has 1 aromatic rings. The Bertz CT molecular complexity index is 660. The molecular formula is C20H23FO. The highest BCUT2D eigenvalue weighted by Gasteiger charge is 2.61. The van der Waals surface area contributed by atoms with E-state index in [0.717, 1.165) is 38.5 Å². The first kappa shape index (κ1) is 14.3. The summed E-state index contributed by atoms with van der Waals surface area (Å²) >= 11 is 0. The summed E-state index contributed by atoms with van der Waals surface area (Å²) in [5, 5.41) is 10.9. The number of aliphatic hydroxyl groups is 1. The van der Waals surface area contributed by atoms with Gasteiger partial charge in [-0.15, -0.1) is 6.42 Å². The molecule has 0 unspecified atom stereocenters. The molecule has 3 aliphatic carbocycles. The normalized spacial score (nSPS) is 42.9. The van der Waals surface area contributed by atoms with Crippen molar-refractivity contribution < 1.29 is 9.50 Å². The van der Waals surface area contributed by atoms with Crippen LogP contribution in [0.5, 0.6) is 0 Å². The maximum atomic E-state index is 13.5. The summed E-state index contributed by atoms with van der Waals surface area (Å²) in [5.74, 6) is 4.17. The van der Waals surface area contributed by atoms with Crippen LogP contribution in [0.1, 0.15) is 56.1 Å². The molecule has 0 amide bonds. The molecule has 0 aliphatic heterocycles. The molecule has 3 aliphatic rings. The van der Waals surface area contributed by atoms with Gasteiger partial charge in [0.2, 0.25) is 0 Å². The quantitative estimate of drug-likeness (QED) is 0.717. The van der Waals surface area contributed by atoms with Crippen LogP contribution in [0.2, 0.25) is 0 Å². The summed E-state index contributed by atoms with van der Waals surface area (Å²) in [6, 6.07) is 5.31. The zero-order valence-corrected chi connectivity index (χ0v) is 13.1. The van der Waals surface area contributed by atoms with Gasteiger partial charge >= 0.3 is 0 Å². The van der Waals surface area contributed by atoms with Crippen molar-refractivity contribution in [2.24, 2.45) is 17.3 Å². The third kappa shape index (κ3) is 1.69. The van der Waals surface area contributed by atoms with Gasteiger partial charge in [-0.25, -0.2) is 4.39 Å². The lowest BCUT2D eigenvalue weighted by Crippen LogP contribution is -2.50. The molecule has 1 nitrogen and oxygen atoms in total. The molecule has 0 spiro atoms. The maximum absolute atomic E-state index is 13.5. The van der Waals surface area contributed by atoms with Crippen LogP contribution in [0.25, 0.3) is 0 Å². The lowest BCUT2D eigenvalue weighted by molar-refractivity contribution is -0.0647. The van der Waals surface area contributed by atoms with E-state index >= 15 is 0 Å². The number of fused-ring (bicyclic) bond motifs is 5. The van der Waals surface area contributed by atoms with Crippen molar-refractivity contribution in [3.63, 3.8) is 0 Å². The second kappa shape index (κ2) is 4.59. The number of hydrogen-bond acceptors (Lipinski definition) is 1. The van der Waals surface area contributed by atoms with E-state index in [1.807, 2.05) is 6.07 Å². The molecule has 0 heterocycles. The van der Waals surface area contributed by atoms with Crippen LogP contribution in [0.3, 0.4) is 0 Å². The fourth-order valence-electron chi connectivity index (χ4n) is 5.80. The molecule has 0 bridgehead atoms. The summed E-state index contributed by atoms with van der Waals surface area (Å²) in [6.45, 7) is 2.20. The zero-order valence-electron chi connectivity index (χ0n) is 13.1. The van der Waals surface area contributed by atoms with E-state index < -0.39 is 5.60 Å². The van der Waals surface area contributed by atoms with Crippen molar-refractivity contribution in [1.82, 2.24) is 0 Å². The average molecular weight is 298 g/mol. The number of aryl methyl sites for hydroxylation is 1. The summed E-state index contributed by atoms with van der Waals surface area (Å²) < 4.78 is 13.5. The van der Waals surface area contributed by atoms with Crippen LogP contribution in [0.15, 0.2) is 18.2 Å². The summed E-state index contributed by atoms with van der Waals surface area (Å²) in [5.41, 5.74) is 1.44. The monoisotopic (exact) mass is 298 g/mol. The molecule has 116 valence electrons. The molecule has 5 atom stereocenters. The van der Waals surface area contributed by atoms with Gasteiger partial charge in [-0.1, -0.05) is 18.9 Å². The van der Waals surface area contributed by atoms with Crippen molar-refractivity contribution in [1.29, 1.82) is 0 Å². The Morgan fingerprint density at radius 1 is 1.27 bits per heavy atom. The van der Waals surface area contributed by atoms with E-state index in [4.69, 9.17) is 6.42 Å². The largest absolute Gasteiger partial charge is 0.377 e. The van der Waals surface area contributed by atoms with Gasteiger partial charge in [0, 0.05) is 5.41 Å². The first-order chi connectivity index (χ1) is 10.5. The number of rotatable bonds is 0. The van der Waals surface area contributed by atoms with Crippen molar-refractivity contribution in [2.75, 3.05) is 0 Å². The lowest BCUT2D eigenvalue weighted by Gasteiger charge is -2.52. The zero-order chi connectivity index (χ0) is 15.5. The topological polar surface area (TPSA) is 20.2 Å². The number of halogens is 1. The van der Waals surface area contributed by atoms with E-state index in [-0.39, 0.29) is 11.2 Å². The van der Waals surface area contributed by atoms with Gasteiger partial charge in [0.15, 0.2) is 0 Å². The second-order valence-corrected chi connectivity index (χ2v) is 7.76. The minimum absolute atomic E-state index is 0.125. The minimum atomic E-state index is -0.939. The van der Waals surface area contributed by atoms with E-state index in [2.05, 4.69) is 12.8 Å². The van der Waals surface area contributed by atoms with Crippen LogP contribution >= 0.6 is 0 Å². The Hall–Kier alpha value is -1.33. The summed E-state index contributed by atoms with van der Waals surface area (Å²) in [7, 11) is 0. The highest BCUT2D eigenvalue weighted by Crippen LogP contribution is 2.64.